The molecule has 0 aliphatic heterocycles. The quantitative estimate of drug-likeness (QED) is 0.271. The number of benzene rings is 1. The molecular weight excluding hydrogens is 513 g/mol. The topological polar surface area (TPSA) is 131 Å². The molecule has 4 N–H and O–H groups in total. The van der Waals surface area contributed by atoms with Gasteiger partial charge in [0.2, 0.25) is 5.88 Å². The van der Waals surface area contributed by atoms with Gasteiger partial charge in [-0.1, -0.05) is 0 Å². The Bertz CT molecular complexity index is 1670. The van der Waals surface area contributed by atoms with Gasteiger partial charge in [0.05, 0.1) is 27.7 Å². The van der Waals surface area contributed by atoms with Crippen molar-refractivity contribution in [3.63, 3.8) is 0 Å². The first kappa shape index (κ1) is 26.8. The number of rotatable bonds is 5. The van der Waals surface area contributed by atoms with Gasteiger partial charge >= 0.3 is 6.18 Å². The standard InChI is InChI=1S/C23H13B2F5N4O4/c1-8-9(23(28,29)30)7-33-21(38-14-3-2-10(26)18(27)17(14)22(24,25)37)15(8)12-6-13(35)16-11(34-12)4-5-32-19(16)20(31)36/h2-7,37H,1H3,(H2,31,36)(H,34,35). The zero-order valence-corrected chi connectivity index (χ0v) is 19.2. The number of primary amides is 1. The van der Waals surface area contributed by atoms with Crippen LogP contribution in [0.3, 0.4) is 0 Å². The van der Waals surface area contributed by atoms with E-state index in [0.717, 1.165) is 25.3 Å². The van der Waals surface area contributed by atoms with E-state index >= 15 is 0 Å². The SMILES string of the molecule is [B]C([B])(O)c1c(Oc2ncc(C(F)(F)F)c(C)c2-c2cc(=O)c3c(C(N)=O)nccc3[nH]2)ccc(F)c1F. The molecule has 0 saturated carbocycles. The molecule has 0 aliphatic carbocycles. The number of fused-ring (bicyclic) bond motifs is 1. The summed E-state index contributed by atoms with van der Waals surface area (Å²) >= 11 is 0. The number of aromatic nitrogens is 3. The number of ether oxygens (including phenoxy) is 1. The van der Waals surface area contributed by atoms with Gasteiger partial charge in [-0.3, -0.25) is 14.6 Å². The highest BCUT2D eigenvalue weighted by molar-refractivity contribution is 6.38. The number of amides is 1. The van der Waals surface area contributed by atoms with Crippen LogP contribution in [0.1, 0.15) is 27.2 Å². The maximum atomic E-state index is 14.5. The summed E-state index contributed by atoms with van der Waals surface area (Å²) in [5.74, 6) is -5.43. The molecule has 3 heterocycles. The first-order valence-corrected chi connectivity index (χ1v) is 10.5. The van der Waals surface area contributed by atoms with E-state index in [1.165, 1.54) is 6.07 Å². The Balaban J connectivity index is 2.03. The van der Waals surface area contributed by atoms with Gasteiger partial charge in [-0.15, -0.1) is 0 Å². The molecule has 4 radical (unpaired) electrons. The number of pyridine rings is 3. The minimum absolute atomic E-state index is 0.00845. The Morgan fingerprint density at radius 3 is 2.45 bits per heavy atom. The molecule has 4 rings (SSSR count). The van der Waals surface area contributed by atoms with Crippen molar-refractivity contribution in [1.29, 1.82) is 0 Å². The van der Waals surface area contributed by atoms with E-state index in [9.17, 15) is 36.6 Å². The van der Waals surface area contributed by atoms with E-state index in [1.807, 2.05) is 0 Å². The van der Waals surface area contributed by atoms with Crippen LogP contribution in [0.2, 0.25) is 0 Å². The Morgan fingerprint density at radius 2 is 1.84 bits per heavy atom. The fraction of sp³-hybridized carbons (Fsp3) is 0.130. The smallest absolute Gasteiger partial charge is 0.418 e. The second-order valence-corrected chi connectivity index (χ2v) is 8.13. The number of aromatic amines is 1. The van der Waals surface area contributed by atoms with E-state index in [-0.39, 0.29) is 22.3 Å². The van der Waals surface area contributed by atoms with Crippen molar-refractivity contribution in [2.75, 3.05) is 0 Å². The molecule has 1 amide bonds. The van der Waals surface area contributed by atoms with Gasteiger partial charge in [0.15, 0.2) is 17.1 Å². The average Bonchev–Trinajstić information content (AvgIpc) is 2.79. The van der Waals surface area contributed by atoms with Crippen molar-refractivity contribution in [3.05, 3.63) is 80.9 Å². The molecule has 0 unspecified atom stereocenters. The summed E-state index contributed by atoms with van der Waals surface area (Å²) in [7, 11) is 10.7. The highest BCUT2D eigenvalue weighted by Gasteiger charge is 2.36. The van der Waals surface area contributed by atoms with Crippen molar-refractivity contribution in [2.45, 2.75) is 18.5 Å². The highest BCUT2D eigenvalue weighted by atomic mass is 19.4. The number of nitrogens with two attached hydrogens (primary N) is 1. The van der Waals surface area contributed by atoms with Crippen LogP contribution in [0.25, 0.3) is 22.2 Å². The summed E-state index contributed by atoms with van der Waals surface area (Å²) in [5.41, 5.74) is 0.667. The number of alkyl halides is 3. The molecule has 0 atom stereocenters. The normalized spacial score (nSPS) is 12.1. The number of nitrogens with zero attached hydrogens (tertiary/aromatic N) is 2. The summed E-state index contributed by atoms with van der Waals surface area (Å²) in [6.07, 6.45) is -3.31. The van der Waals surface area contributed by atoms with E-state index < -0.39 is 68.4 Å². The van der Waals surface area contributed by atoms with Gasteiger partial charge < -0.3 is 20.6 Å². The lowest BCUT2D eigenvalue weighted by atomic mass is 9.61. The molecule has 15 heteroatoms. The van der Waals surface area contributed by atoms with Crippen LogP contribution < -0.4 is 15.9 Å². The number of carbonyl (C=O) groups is 1. The van der Waals surface area contributed by atoms with Gasteiger partial charge in [0.25, 0.3) is 5.91 Å². The first-order chi connectivity index (χ1) is 17.6. The zero-order valence-electron chi connectivity index (χ0n) is 19.2. The van der Waals surface area contributed by atoms with Crippen LogP contribution in [0, 0.1) is 18.6 Å². The Morgan fingerprint density at radius 1 is 1.16 bits per heavy atom. The second kappa shape index (κ2) is 9.24. The minimum Gasteiger partial charge on any atom is -0.438 e. The van der Waals surface area contributed by atoms with Gasteiger partial charge in [-0.2, -0.15) is 13.2 Å². The van der Waals surface area contributed by atoms with Crippen LogP contribution in [-0.4, -0.2) is 41.7 Å². The number of carbonyl (C=O) groups excluding carboxylic acids is 1. The maximum absolute atomic E-state index is 14.5. The third kappa shape index (κ3) is 4.72. The largest absolute Gasteiger partial charge is 0.438 e. The predicted molar refractivity (Wildman–Crippen MR) is 126 cm³/mol. The Labute approximate surface area is 212 Å². The van der Waals surface area contributed by atoms with Crippen molar-refractivity contribution in [2.24, 2.45) is 5.73 Å². The molecule has 0 saturated heterocycles. The van der Waals surface area contributed by atoms with Gasteiger partial charge in [0.1, 0.15) is 27.1 Å². The molecule has 3 aromatic heterocycles. The summed E-state index contributed by atoms with van der Waals surface area (Å²) in [4.78, 5) is 34.8. The van der Waals surface area contributed by atoms with Crippen LogP contribution in [0.4, 0.5) is 22.0 Å². The van der Waals surface area contributed by atoms with Crippen LogP contribution >= 0.6 is 0 Å². The highest BCUT2D eigenvalue weighted by Crippen LogP contribution is 2.42. The molecule has 0 bridgehead atoms. The molecule has 8 nitrogen and oxygen atoms in total. The van der Waals surface area contributed by atoms with Gasteiger partial charge in [0, 0.05) is 29.4 Å². The Hall–Kier alpha value is -4.26. The van der Waals surface area contributed by atoms with Crippen molar-refractivity contribution in [1.82, 2.24) is 15.0 Å². The fourth-order valence-corrected chi connectivity index (χ4v) is 3.88. The van der Waals surface area contributed by atoms with Crippen LogP contribution in [0.5, 0.6) is 11.6 Å². The van der Waals surface area contributed by atoms with E-state index in [1.54, 1.807) is 0 Å². The summed E-state index contributed by atoms with van der Waals surface area (Å²) < 4.78 is 75.0. The molecular formula is C23H13B2F5N4O4. The lowest BCUT2D eigenvalue weighted by molar-refractivity contribution is -0.138. The van der Waals surface area contributed by atoms with Gasteiger partial charge in [-0.05, 0) is 30.7 Å². The first-order valence-electron chi connectivity index (χ1n) is 10.5. The number of hydrogen-bond donors (Lipinski definition) is 3. The molecule has 190 valence electrons. The van der Waals surface area contributed by atoms with Crippen molar-refractivity contribution < 1.29 is 36.6 Å². The molecule has 38 heavy (non-hydrogen) atoms. The minimum atomic E-state index is -4.88. The second-order valence-electron chi connectivity index (χ2n) is 8.13. The Kier molecular flexibility index (Phi) is 6.52. The van der Waals surface area contributed by atoms with E-state index in [0.29, 0.717) is 12.3 Å². The third-order valence-electron chi connectivity index (χ3n) is 5.52. The van der Waals surface area contributed by atoms with E-state index in [2.05, 4.69) is 15.0 Å². The van der Waals surface area contributed by atoms with Crippen LogP contribution in [0.15, 0.2) is 41.5 Å². The van der Waals surface area contributed by atoms with Crippen LogP contribution in [-0.2, 0) is 11.6 Å². The molecule has 4 aromatic rings. The molecule has 0 fully saturated rings. The van der Waals surface area contributed by atoms with Gasteiger partial charge in [-0.25, -0.2) is 13.8 Å². The number of hydrogen-bond acceptors (Lipinski definition) is 6. The number of halogens is 5. The summed E-state index contributed by atoms with van der Waals surface area (Å²) in [6, 6.07) is 3.57. The number of nitrogens with one attached hydrogen (secondary N) is 1. The fourth-order valence-electron chi connectivity index (χ4n) is 3.88. The molecule has 0 aliphatic rings. The summed E-state index contributed by atoms with van der Waals surface area (Å²) in [5, 5.41) is 6.80. The average molecular weight is 526 g/mol. The van der Waals surface area contributed by atoms with Crippen molar-refractivity contribution in [3.8, 4) is 22.9 Å². The predicted octanol–water partition coefficient (Wildman–Crippen LogP) is 2.92. The maximum Gasteiger partial charge on any atom is 0.418 e. The van der Waals surface area contributed by atoms with Crippen molar-refractivity contribution >= 4 is 32.5 Å². The monoisotopic (exact) mass is 526 g/mol. The molecule has 0 spiro atoms. The summed E-state index contributed by atoms with van der Waals surface area (Å²) in [6.45, 7) is 1.06. The lowest BCUT2D eigenvalue weighted by Gasteiger charge is -2.24. The van der Waals surface area contributed by atoms with E-state index in [4.69, 9.17) is 26.2 Å². The lowest BCUT2D eigenvalue weighted by Crippen LogP contribution is -2.28. The molecule has 1 aromatic carbocycles. The third-order valence-corrected chi connectivity index (χ3v) is 5.52. The zero-order chi connectivity index (χ0) is 28.2. The number of aliphatic hydroxyl groups is 1. The number of H-pyrrole nitrogens is 1.